The third kappa shape index (κ3) is 11.2. The summed E-state index contributed by atoms with van der Waals surface area (Å²) in [4.78, 5) is 10.3. The van der Waals surface area contributed by atoms with Gasteiger partial charge < -0.3 is 14.9 Å². The third-order valence-electron chi connectivity index (χ3n) is 3.98. The Labute approximate surface area is 145 Å². The summed E-state index contributed by atoms with van der Waals surface area (Å²) in [7, 11) is 0. The number of carbonyl (C=O) groups is 1. The summed E-state index contributed by atoms with van der Waals surface area (Å²) in [6, 6.07) is 0. The lowest BCUT2D eigenvalue weighted by Crippen LogP contribution is -2.00. The molecule has 1 aliphatic heterocycles. The van der Waals surface area contributed by atoms with Crippen LogP contribution in [0.2, 0.25) is 0 Å². The van der Waals surface area contributed by atoms with E-state index in [1.54, 1.807) is 0 Å². The van der Waals surface area contributed by atoms with Crippen molar-refractivity contribution < 1.29 is 19.7 Å². The van der Waals surface area contributed by atoms with E-state index < -0.39 is 12.1 Å². The number of aliphatic carboxylic acids is 1. The van der Waals surface area contributed by atoms with Crippen molar-refractivity contribution in [3.05, 3.63) is 36.5 Å². The first-order valence-electron chi connectivity index (χ1n) is 9.17. The summed E-state index contributed by atoms with van der Waals surface area (Å²) in [5.41, 5.74) is 0. The first-order valence-corrected chi connectivity index (χ1v) is 9.17. The maximum Gasteiger partial charge on any atom is 0.303 e. The highest BCUT2D eigenvalue weighted by Crippen LogP contribution is 2.28. The van der Waals surface area contributed by atoms with Gasteiger partial charge in [-0.25, -0.2) is 0 Å². The van der Waals surface area contributed by atoms with E-state index in [1.165, 1.54) is 19.3 Å². The molecular weight excluding hydrogens is 304 g/mol. The Kier molecular flexibility index (Phi) is 11.2. The SMILES string of the molecule is CCCCC[C@@H]1O[C@@H]1/C=C/[C@@H](O)C/C=C\C/C=C\CCCC(=O)O. The number of carboxylic acid groups (broad SMARTS) is 1. The zero-order valence-corrected chi connectivity index (χ0v) is 14.8. The van der Waals surface area contributed by atoms with Gasteiger partial charge in [-0.2, -0.15) is 0 Å². The van der Waals surface area contributed by atoms with Crippen molar-refractivity contribution in [1.29, 1.82) is 0 Å². The van der Waals surface area contributed by atoms with Crippen LogP contribution in [0.15, 0.2) is 36.5 Å². The van der Waals surface area contributed by atoms with Crippen molar-refractivity contribution in [3.63, 3.8) is 0 Å². The second-order valence-corrected chi connectivity index (χ2v) is 6.29. The molecule has 1 fully saturated rings. The van der Waals surface area contributed by atoms with Crippen LogP contribution in [-0.2, 0) is 9.53 Å². The lowest BCUT2D eigenvalue weighted by Gasteiger charge is -1.99. The number of aliphatic hydroxyl groups excluding tert-OH is 1. The molecule has 0 aliphatic carbocycles. The fourth-order valence-corrected chi connectivity index (χ4v) is 2.47. The molecule has 0 saturated carbocycles. The van der Waals surface area contributed by atoms with Gasteiger partial charge in [-0.15, -0.1) is 0 Å². The highest BCUT2D eigenvalue weighted by molar-refractivity contribution is 5.66. The van der Waals surface area contributed by atoms with E-state index in [9.17, 15) is 9.90 Å². The summed E-state index contributed by atoms with van der Waals surface area (Å²) < 4.78 is 5.56. The molecule has 1 saturated heterocycles. The van der Waals surface area contributed by atoms with Gasteiger partial charge in [0.25, 0.3) is 0 Å². The van der Waals surface area contributed by atoms with E-state index in [0.29, 0.717) is 18.9 Å². The van der Waals surface area contributed by atoms with Crippen LogP contribution in [-0.4, -0.2) is 34.5 Å². The van der Waals surface area contributed by atoms with Gasteiger partial charge >= 0.3 is 5.97 Å². The molecule has 1 heterocycles. The van der Waals surface area contributed by atoms with Gasteiger partial charge in [0.05, 0.1) is 12.2 Å². The predicted molar refractivity (Wildman–Crippen MR) is 97.0 cm³/mol. The minimum Gasteiger partial charge on any atom is -0.481 e. The fourth-order valence-electron chi connectivity index (χ4n) is 2.47. The van der Waals surface area contributed by atoms with Crippen molar-refractivity contribution in [2.45, 2.75) is 83.0 Å². The number of epoxide rings is 1. The Morgan fingerprint density at radius 1 is 1.17 bits per heavy atom. The van der Waals surface area contributed by atoms with Crippen LogP contribution in [0.4, 0.5) is 0 Å². The summed E-state index contributed by atoms with van der Waals surface area (Å²) in [5.74, 6) is -0.741. The maximum atomic E-state index is 10.3. The van der Waals surface area contributed by atoms with Crippen LogP contribution < -0.4 is 0 Å². The Hall–Kier alpha value is -1.39. The van der Waals surface area contributed by atoms with Gasteiger partial charge in [-0.3, -0.25) is 4.79 Å². The van der Waals surface area contributed by atoms with Crippen molar-refractivity contribution in [2.75, 3.05) is 0 Å². The number of carboxylic acids is 1. The first kappa shape index (κ1) is 20.7. The maximum absolute atomic E-state index is 10.3. The molecule has 0 bridgehead atoms. The van der Waals surface area contributed by atoms with Crippen molar-refractivity contribution in [1.82, 2.24) is 0 Å². The molecular formula is C20H32O4. The van der Waals surface area contributed by atoms with E-state index in [0.717, 1.165) is 19.3 Å². The molecule has 0 aromatic heterocycles. The molecule has 136 valence electrons. The molecule has 0 radical (unpaired) electrons. The van der Waals surface area contributed by atoms with Crippen LogP contribution in [0, 0.1) is 0 Å². The lowest BCUT2D eigenvalue weighted by atomic mass is 10.1. The van der Waals surface area contributed by atoms with E-state index in [1.807, 2.05) is 36.5 Å². The number of allylic oxidation sites excluding steroid dienone is 3. The molecule has 3 atom stereocenters. The first-order chi connectivity index (χ1) is 11.6. The van der Waals surface area contributed by atoms with Gasteiger partial charge in [-0.1, -0.05) is 62.6 Å². The molecule has 4 heteroatoms. The molecule has 0 aromatic carbocycles. The number of unbranched alkanes of at least 4 members (excludes halogenated alkanes) is 3. The topological polar surface area (TPSA) is 70.1 Å². The molecule has 0 amide bonds. The number of rotatable bonds is 14. The van der Waals surface area contributed by atoms with Crippen molar-refractivity contribution >= 4 is 5.97 Å². The number of ether oxygens (including phenoxy) is 1. The minimum absolute atomic E-state index is 0.203. The largest absolute Gasteiger partial charge is 0.481 e. The summed E-state index contributed by atoms with van der Waals surface area (Å²) in [6.45, 7) is 2.20. The Morgan fingerprint density at radius 3 is 2.71 bits per heavy atom. The normalized spacial score (nSPS) is 21.9. The molecule has 2 N–H and O–H groups in total. The monoisotopic (exact) mass is 336 g/mol. The molecule has 0 aromatic rings. The molecule has 24 heavy (non-hydrogen) atoms. The second-order valence-electron chi connectivity index (χ2n) is 6.29. The Balaban J connectivity index is 2.01. The summed E-state index contributed by atoms with van der Waals surface area (Å²) in [5, 5.41) is 18.4. The van der Waals surface area contributed by atoms with Gasteiger partial charge in [0.2, 0.25) is 0 Å². The smallest absolute Gasteiger partial charge is 0.303 e. The molecule has 1 aliphatic rings. The van der Waals surface area contributed by atoms with Crippen molar-refractivity contribution in [3.8, 4) is 0 Å². The van der Waals surface area contributed by atoms with Crippen LogP contribution in [0.3, 0.4) is 0 Å². The van der Waals surface area contributed by atoms with E-state index in [2.05, 4.69) is 6.92 Å². The Morgan fingerprint density at radius 2 is 1.96 bits per heavy atom. The van der Waals surface area contributed by atoms with Gasteiger partial charge in [-0.05, 0) is 32.1 Å². The highest BCUT2D eigenvalue weighted by atomic mass is 16.6. The van der Waals surface area contributed by atoms with E-state index >= 15 is 0 Å². The quantitative estimate of drug-likeness (QED) is 0.280. The fraction of sp³-hybridized carbons (Fsp3) is 0.650. The number of hydrogen-bond acceptors (Lipinski definition) is 3. The summed E-state index contributed by atoms with van der Waals surface area (Å²) in [6.07, 6.45) is 19.9. The van der Waals surface area contributed by atoms with Gasteiger partial charge in [0, 0.05) is 6.42 Å². The van der Waals surface area contributed by atoms with Crippen molar-refractivity contribution in [2.24, 2.45) is 0 Å². The minimum atomic E-state index is -0.741. The molecule has 0 unspecified atom stereocenters. The number of aliphatic hydroxyl groups is 1. The van der Waals surface area contributed by atoms with Crippen LogP contribution >= 0.6 is 0 Å². The summed E-state index contributed by atoms with van der Waals surface area (Å²) >= 11 is 0. The standard InChI is InChI=1S/C20H32O4/c1-2-3-9-13-18-19(24-18)16-15-17(21)12-10-7-5-4-6-8-11-14-20(22)23/h4,6-7,10,15-19,21H,2-3,5,8-9,11-14H2,1H3,(H,22,23)/b6-4-,10-7-,16-15+/t17-,18-,19+/m0/s1. The average Bonchev–Trinajstić information content (AvgIpc) is 3.30. The third-order valence-corrected chi connectivity index (χ3v) is 3.98. The zero-order valence-electron chi connectivity index (χ0n) is 14.8. The van der Waals surface area contributed by atoms with Crippen LogP contribution in [0.1, 0.15) is 64.7 Å². The van der Waals surface area contributed by atoms with Gasteiger partial charge in [0.1, 0.15) is 6.10 Å². The highest BCUT2D eigenvalue weighted by Gasteiger charge is 2.35. The predicted octanol–water partition coefficient (Wildman–Crippen LogP) is 4.40. The average molecular weight is 336 g/mol. The van der Waals surface area contributed by atoms with E-state index in [-0.39, 0.29) is 12.5 Å². The van der Waals surface area contributed by atoms with Crippen LogP contribution in [0.5, 0.6) is 0 Å². The van der Waals surface area contributed by atoms with Gasteiger partial charge in [0.15, 0.2) is 0 Å². The lowest BCUT2D eigenvalue weighted by molar-refractivity contribution is -0.137. The number of hydrogen-bond donors (Lipinski definition) is 2. The Bertz CT molecular complexity index is 425. The molecule has 1 rings (SSSR count). The second kappa shape index (κ2) is 13.0. The molecule has 4 nitrogen and oxygen atoms in total. The zero-order chi connectivity index (χ0) is 17.6. The molecule has 0 spiro atoms. The van der Waals surface area contributed by atoms with E-state index in [4.69, 9.17) is 9.84 Å². The van der Waals surface area contributed by atoms with Crippen LogP contribution in [0.25, 0.3) is 0 Å².